The van der Waals surface area contributed by atoms with Crippen LogP contribution >= 0.6 is 0 Å². The van der Waals surface area contributed by atoms with E-state index in [-0.39, 0.29) is 12.1 Å². The number of urea groups is 1. The summed E-state index contributed by atoms with van der Waals surface area (Å²) in [6.07, 6.45) is 3.72. The summed E-state index contributed by atoms with van der Waals surface area (Å²) >= 11 is 0. The summed E-state index contributed by atoms with van der Waals surface area (Å²) < 4.78 is 0. The van der Waals surface area contributed by atoms with Crippen LogP contribution in [0.1, 0.15) is 5.56 Å². The molecule has 5 heteroatoms. The van der Waals surface area contributed by atoms with Crippen molar-refractivity contribution in [1.82, 2.24) is 14.8 Å². The van der Waals surface area contributed by atoms with Gasteiger partial charge in [-0.2, -0.15) is 0 Å². The predicted octanol–water partition coefficient (Wildman–Crippen LogP) is 2.21. The lowest BCUT2D eigenvalue weighted by Gasteiger charge is -2.36. The lowest BCUT2D eigenvalue weighted by molar-refractivity contribution is 0.116. The molecule has 1 aromatic carbocycles. The minimum Gasteiger partial charge on any atom is -0.317 e. The summed E-state index contributed by atoms with van der Waals surface area (Å²) in [6.45, 7) is 4.31. The van der Waals surface area contributed by atoms with Crippen molar-refractivity contribution in [1.29, 1.82) is 0 Å². The van der Waals surface area contributed by atoms with Crippen LogP contribution in [0.3, 0.4) is 0 Å². The smallest absolute Gasteiger partial charge is 0.317 e. The largest absolute Gasteiger partial charge is 0.324 e. The highest BCUT2D eigenvalue weighted by Gasteiger charge is 2.40. The number of carbonyl (C=O) groups excluding carboxylic acids is 1. The Morgan fingerprint density at radius 2 is 1.91 bits per heavy atom. The summed E-state index contributed by atoms with van der Waals surface area (Å²) in [5.41, 5.74) is 2.22. The van der Waals surface area contributed by atoms with E-state index in [0.717, 1.165) is 38.4 Å². The van der Waals surface area contributed by atoms with Gasteiger partial charge in [-0.15, -0.1) is 0 Å². The fourth-order valence-corrected chi connectivity index (χ4v) is 3.49. The Labute approximate surface area is 136 Å². The number of carbonyl (C=O) groups is 1. The summed E-state index contributed by atoms with van der Waals surface area (Å²) in [6, 6.07) is 14.4. The third kappa shape index (κ3) is 2.80. The number of aromatic nitrogens is 1. The predicted molar refractivity (Wildman–Crippen MR) is 89.2 cm³/mol. The van der Waals surface area contributed by atoms with Crippen LogP contribution < -0.4 is 4.90 Å². The normalized spacial score (nSPS) is 21.6. The molecule has 2 amide bonds. The number of hydrogen-bond acceptors (Lipinski definition) is 3. The number of nitrogens with zero attached hydrogens (tertiary/aromatic N) is 4. The van der Waals surface area contributed by atoms with Crippen LogP contribution in [0, 0.1) is 0 Å². The lowest BCUT2D eigenvalue weighted by atomic mass is 10.1. The molecule has 0 spiro atoms. The van der Waals surface area contributed by atoms with Gasteiger partial charge in [0.15, 0.2) is 0 Å². The second-order valence-corrected chi connectivity index (χ2v) is 6.17. The molecule has 2 aliphatic heterocycles. The van der Waals surface area contributed by atoms with Gasteiger partial charge < -0.3 is 4.90 Å². The van der Waals surface area contributed by atoms with Gasteiger partial charge in [0.1, 0.15) is 0 Å². The van der Waals surface area contributed by atoms with E-state index in [9.17, 15) is 4.79 Å². The fraction of sp³-hybridized carbons (Fsp3) is 0.333. The molecular weight excluding hydrogens is 288 g/mol. The van der Waals surface area contributed by atoms with Gasteiger partial charge in [-0.25, -0.2) is 4.79 Å². The molecule has 1 aromatic heterocycles. The van der Waals surface area contributed by atoms with Gasteiger partial charge in [-0.05, 0) is 23.8 Å². The zero-order valence-corrected chi connectivity index (χ0v) is 13.0. The van der Waals surface area contributed by atoms with Crippen molar-refractivity contribution in [2.75, 3.05) is 31.1 Å². The van der Waals surface area contributed by atoms with E-state index in [0.29, 0.717) is 0 Å². The number of fused-ring (bicyclic) bond motifs is 1. The van der Waals surface area contributed by atoms with Crippen LogP contribution in [0.2, 0.25) is 0 Å². The molecule has 1 atom stereocenters. The number of anilines is 1. The minimum atomic E-state index is 0.141. The number of hydrogen-bond donors (Lipinski definition) is 0. The third-order valence-corrected chi connectivity index (χ3v) is 4.63. The fourth-order valence-electron chi connectivity index (χ4n) is 3.49. The summed E-state index contributed by atoms with van der Waals surface area (Å²) in [5, 5.41) is 0. The number of pyridine rings is 1. The standard InChI is InChI=1S/C18H20N4O/c23-18-21-10-9-20(12-15-5-4-8-19-11-15)13-17(21)14-22(18)16-6-2-1-3-7-16/h1-8,11,17H,9-10,12-14H2/t17-/m1/s1. The van der Waals surface area contributed by atoms with E-state index in [1.807, 2.05) is 52.4 Å². The summed E-state index contributed by atoms with van der Waals surface area (Å²) in [4.78, 5) is 23.1. The first-order valence-corrected chi connectivity index (χ1v) is 8.06. The highest BCUT2D eigenvalue weighted by atomic mass is 16.2. The first-order chi connectivity index (χ1) is 11.3. The molecule has 5 nitrogen and oxygen atoms in total. The van der Waals surface area contributed by atoms with Crippen LogP contribution in [0.15, 0.2) is 54.9 Å². The molecule has 0 unspecified atom stereocenters. The van der Waals surface area contributed by atoms with Crippen molar-refractivity contribution in [2.45, 2.75) is 12.6 Å². The van der Waals surface area contributed by atoms with Crippen LogP contribution in [0.4, 0.5) is 10.5 Å². The Morgan fingerprint density at radius 3 is 2.70 bits per heavy atom. The van der Waals surface area contributed by atoms with Gasteiger partial charge in [0.25, 0.3) is 0 Å². The molecular formula is C18H20N4O. The van der Waals surface area contributed by atoms with Gasteiger partial charge in [0, 0.05) is 50.8 Å². The van der Waals surface area contributed by atoms with Gasteiger partial charge >= 0.3 is 6.03 Å². The van der Waals surface area contributed by atoms with Crippen molar-refractivity contribution < 1.29 is 4.79 Å². The molecule has 3 heterocycles. The van der Waals surface area contributed by atoms with E-state index in [2.05, 4.69) is 16.0 Å². The van der Waals surface area contributed by atoms with E-state index >= 15 is 0 Å². The molecule has 2 saturated heterocycles. The van der Waals surface area contributed by atoms with Crippen LogP contribution in [0.25, 0.3) is 0 Å². The minimum absolute atomic E-state index is 0.141. The SMILES string of the molecule is O=C1N(c2ccccc2)C[C@H]2CN(Cc3cccnc3)CCN12. The number of piperazine rings is 1. The van der Waals surface area contributed by atoms with Crippen molar-refractivity contribution in [2.24, 2.45) is 0 Å². The Morgan fingerprint density at radius 1 is 1.04 bits per heavy atom. The van der Waals surface area contributed by atoms with Crippen molar-refractivity contribution in [3.05, 3.63) is 60.4 Å². The average molecular weight is 308 g/mol. The maximum absolute atomic E-state index is 12.6. The summed E-state index contributed by atoms with van der Waals surface area (Å²) in [7, 11) is 0. The second kappa shape index (κ2) is 6.01. The number of rotatable bonds is 3. The van der Waals surface area contributed by atoms with Crippen LogP contribution in [-0.2, 0) is 6.54 Å². The molecule has 2 fully saturated rings. The van der Waals surface area contributed by atoms with Gasteiger partial charge in [-0.3, -0.25) is 14.8 Å². The molecule has 0 radical (unpaired) electrons. The molecule has 2 aliphatic rings. The molecule has 2 aromatic rings. The van der Waals surface area contributed by atoms with Crippen LogP contribution in [-0.4, -0.2) is 53.0 Å². The lowest BCUT2D eigenvalue weighted by Crippen LogP contribution is -2.51. The third-order valence-electron chi connectivity index (χ3n) is 4.63. The first-order valence-electron chi connectivity index (χ1n) is 8.06. The molecule has 23 heavy (non-hydrogen) atoms. The van der Waals surface area contributed by atoms with Crippen molar-refractivity contribution in [3.8, 4) is 0 Å². The molecule has 118 valence electrons. The van der Waals surface area contributed by atoms with Gasteiger partial charge in [0.2, 0.25) is 0 Å². The topological polar surface area (TPSA) is 39.7 Å². The maximum atomic E-state index is 12.6. The number of benzene rings is 1. The maximum Gasteiger partial charge on any atom is 0.324 e. The van der Waals surface area contributed by atoms with Gasteiger partial charge in [0.05, 0.1) is 6.04 Å². The Balaban J connectivity index is 1.45. The van der Waals surface area contributed by atoms with E-state index in [1.165, 1.54) is 5.56 Å². The first kappa shape index (κ1) is 14.2. The molecule has 0 N–H and O–H groups in total. The van der Waals surface area contributed by atoms with Gasteiger partial charge in [-0.1, -0.05) is 24.3 Å². The number of amides is 2. The molecule has 0 aliphatic carbocycles. The zero-order chi connectivity index (χ0) is 15.6. The molecule has 4 rings (SSSR count). The van der Waals surface area contributed by atoms with Crippen molar-refractivity contribution >= 4 is 11.7 Å². The Bertz CT molecular complexity index is 676. The van der Waals surface area contributed by atoms with Crippen LogP contribution in [0.5, 0.6) is 0 Å². The van der Waals surface area contributed by atoms with E-state index in [1.54, 1.807) is 6.20 Å². The average Bonchev–Trinajstić information content (AvgIpc) is 2.93. The Hall–Kier alpha value is -2.40. The highest BCUT2D eigenvalue weighted by Crippen LogP contribution is 2.26. The molecule has 0 bridgehead atoms. The summed E-state index contributed by atoms with van der Waals surface area (Å²) in [5.74, 6) is 0. The second-order valence-electron chi connectivity index (χ2n) is 6.17. The quantitative estimate of drug-likeness (QED) is 0.873. The van der Waals surface area contributed by atoms with Crippen molar-refractivity contribution in [3.63, 3.8) is 0 Å². The highest BCUT2D eigenvalue weighted by molar-refractivity contribution is 5.94. The monoisotopic (exact) mass is 308 g/mol. The van der Waals surface area contributed by atoms with E-state index < -0.39 is 0 Å². The zero-order valence-electron chi connectivity index (χ0n) is 13.0. The Kier molecular flexibility index (Phi) is 3.71. The molecule has 0 saturated carbocycles. The van der Waals surface area contributed by atoms with E-state index in [4.69, 9.17) is 0 Å². The number of para-hydroxylation sites is 1.